The number of hydrogen-bond acceptors (Lipinski definition) is 5. The molecule has 6 heteroatoms. The topological polar surface area (TPSA) is 53.4 Å². The summed E-state index contributed by atoms with van der Waals surface area (Å²) in [5.41, 5.74) is 2.05. The van der Waals surface area contributed by atoms with E-state index in [0.717, 1.165) is 34.2 Å². The molecule has 0 bridgehead atoms. The molecule has 0 spiro atoms. The van der Waals surface area contributed by atoms with Crippen LogP contribution in [-0.2, 0) is 17.9 Å². The lowest BCUT2D eigenvalue weighted by Crippen LogP contribution is -2.17. The second-order valence-corrected chi connectivity index (χ2v) is 6.56. The van der Waals surface area contributed by atoms with Crippen molar-refractivity contribution in [2.45, 2.75) is 20.0 Å². The molecule has 2 aromatic heterocycles. The first-order valence-corrected chi connectivity index (χ1v) is 7.87. The summed E-state index contributed by atoms with van der Waals surface area (Å²) in [5.74, 6) is -0.923. The molecule has 0 aromatic carbocycles. The third-order valence-electron chi connectivity index (χ3n) is 2.70. The zero-order valence-electron chi connectivity index (χ0n) is 11.4. The lowest BCUT2D eigenvalue weighted by Gasteiger charge is -2.14. The van der Waals surface area contributed by atoms with E-state index in [9.17, 15) is 4.79 Å². The summed E-state index contributed by atoms with van der Waals surface area (Å²) in [7, 11) is 2.04. The fourth-order valence-electron chi connectivity index (χ4n) is 1.85. The number of thiazole rings is 1. The maximum atomic E-state index is 10.6. The first kappa shape index (κ1) is 14.9. The predicted molar refractivity (Wildman–Crippen MR) is 83.0 cm³/mol. The van der Waals surface area contributed by atoms with Crippen LogP contribution in [0.5, 0.6) is 0 Å². The molecule has 0 saturated heterocycles. The van der Waals surface area contributed by atoms with E-state index >= 15 is 0 Å². The number of rotatable bonds is 6. The van der Waals surface area contributed by atoms with Crippen molar-refractivity contribution in [2.24, 2.45) is 0 Å². The Morgan fingerprint density at radius 3 is 2.90 bits per heavy atom. The number of carboxylic acid groups (broad SMARTS) is 1. The third-order valence-corrected chi connectivity index (χ3v) is 4.44. The van der Waals surface area contributed by atoms with Gasteiger partial charge in [0.1, 0.15) is 0 Å². The van der Waals surface area contributed by atoms with Gasteiger partial charge in [0.05, 0.1) is 10.7 Å². The maximum Gasteiger partial charge on any atom is 0.328 e. The molecule has 0 atom stereocenters. The summed E-state index contributed by atoms with van der Waals surface area (Å²) in [4.78, 5) is 18.4. The summed E-state index contributed by atoms with van der Waals surface area (Å²) in [5, 5.41) is 13.8. The van der Waals surface area contributed by atoms with Crippen molar-refractivity contribution in [2.75, 3.05) is 7.05 Å². The van der Waals surface area contributed by atoms with Crippen LogP contribution >= 0.6 is 22.7 Å². The van der Waals surface area contributed by atoms with E-state index < -0.39 is 5.97 Å². The smallest absolute Gasteiger partial charge is 0.328 e. The van der Waals surface area contributed by atoms with Gasteiger partial charge in [0.2, 0.25) is 0 Å². The summed E-state index contributed by atoms with van der Waals surface area (Å²) in [6, 6.07) is 1.94. The molecule has 1 N–H and O–H groups in total. The van der Waals surface area contributed by atoms with Crippen LogP contribution in [0.2, 0.25) is 0 Å². The molecule has 2 aromatic rings. The van der Waals surface area contributed by atoms with E-state index in [2.05, 4.69) is 15.3 Å². The van der Waals surface area contributed by atoms with E-state index in [4.69, 9.17) is 5.11 Å². The van der Waals surface area contributed by atoms with Crippen LogP contribution in [0.15, 0.2) is 22.9 Å². The molecule has 0 aliphatic rings. The summed E-state index contributed by atoms with van der Waals surface area (Å²) < 4.78 is 0. The van der Waals surface area contributed by atoms with E-state index in [-0.39, 0.29) is 0 Å². The van der Waals surface area contributed by atoms with Gasteiger partial charge in [0.15, 0.2) is 0 Å². The number of nitrogens with zero attached hydrogens (tertiary/aromatic N) is 2. The second-order valence-electron chi connectivity index (χ2n) is 4.50. The molecule has 0 aliphatic carbocycles. The van der Waals surface area contributed by atoms with Crippen molar-refractivity contribution in [1.82, 2.24) is 9.88 Å². The Morgan fingerprint density at radius 2 is 2.25 bits per heavy atom. The van der Waals surface area contributed by atoms with Crippen molar-refractivity contribution in [3.05, 3.63) is 44.0 Å². The first-order valence-electron chi connectivity index (χ1n) is 6.11. The minimum absolute atomic E-state index is 0.785. The van der Waals surface area contributed by atoms with E-state index in [1.807, 2.05) is 25.4 Å². The van der Waals surface area contributed by atoms with Gasteiger partial charge in [0, 0.05) is 29.4 Å². The number of hydrogen-bond donors (Lipinski definition) is 1. The van der Waals surface area contributed by atoms with Gasteiger partial charge in [0.25, 0.3) is 0 Å². The fourth-order valence-corrected chi connectivity index (χ4v) is 3.40. The van der Waals surface area contributed by atoms with E-state index in [1.165, 1.54) is 6.08 Å². The first-order chi connectivity index (χ1) is 9.54. The molecular weight excluding hydrogens is 292 g/mol. The van der Waals surface area contributed by atoms with Crippen molar-refractivity contribution in [1.29, 1.82) is 0 Å². The van der Waals surface area contributed by atoms with Gasteiger partial charge in [-0.3, -0.25) is 4.90 Å². The highest BCUT2D eigenvalue weighted by Crippen LogP contribution is 2.21. The van der Waals surface area contributed by atoms with E-state index in [1.54, 1.807) is 28.7 Å². The molecule has 0 saturated carbocycles. The van der Waals surface area contributed by atoms with Gasteiger partial charge >= 0.3 is 5.97 Å². The molecule has 106 valence electrons. The minimum atomic E-state index is -0.923. The summed E-state index contributed by atoms with van der Waals surface area (Å²) >= 11 is 3.30. The average Bonchev–Trinajstić information content (AvgIpc) is 2.96. The molecule has 0 amide bonds. The normalized spacial score (nSPS) is 11.6. The lowest BCUT2D eigenvalue weighted by atomic mass is 10.2. The molecule has 2 rings (SSSR count). The molecule has 0 unspecified atom stereocenters. The van der Waals surface area contributed by atoms with Gasteiger partial charge in [-0.15, -0.1) is 22.7 Å². The molecule has 20 heavy (non-hydrogen) atoms. The number of aryl methyl sites for hydroxylation is 1. The predicted octanol–water partition coefficient (Wildman–Crippen LogP) is 3.24. The molecule has 2 heterocycles. The Hall–Kier alpha value is -1.50. The number of aromatic nitrogens is 1. The van der Waals surface area contributed by atoms with Crippen LogP contribution in [0.3, 0.4) is 0 Å². The van der Waals surface area contributed by atoms with Gasteiger partial charge in [-0.1, -0.05) is 0 Å². The van der Waals surface area contributed by atoms with Gasteiger partial charge in [-0.25, -0.2) is 9.78 Å². The minimum Gasteiger partial charge on any atom is -0.478 e. The van der Waals surface area contributed by atoms with Crippen LogP contribution in [-0.4, -0.2) is 28.0 Å². The Labute approximate surface area is 126 Å². The van der Waals surface area contributed by atoms with Gasteiger partial charge in [-0.2, -0.15) is 0 Å². The molecule has 0 radical (unpaired) electrons. The SMILES string of the molecule is Cc1nc(CN(C)Cc2sccc2C=CC(=O)O)cs1. The monoisotopic (exact) mass is 308 g/mol. The highest BCUT2D eigenvalue weighted by atomic mass is 32.1. The Morgan fingerprint density at radius 1 is 1.45 bits per heavy atom. The van der Waals surface area contributed by atoms with Gasteiger partial charge in [-0.05, 0) is 37.1 Å². The third kappa shape index (κ3) is 4.26. The highest BCUT2D eigenvalue weighted by molar-refractivity contribution is 7.10. The molecule has 0 aliphatic heterocycles. The van der Waals surface area contributed by atoms with Crippen molar-refractivity contribution in [3.8, 4) is 0 Å². The van der Waals surface area contributed by atoms with Crippen LogP contribution in [0, 0.1) is 6.92 Å². The van der Waals surface area contributed by atoms with Crippen molar-refractivity contribution >= 4 is 34.7 Å². The number of aliphatic carboxylic acids is 1. The maximum absolute atomic E-state index is 10.6. The van der Waals surface area contributed by atoms with Crippen molar-refractivity contribution < 1.29 is 9.90 Å². The Balaban J connectivity index is 1.99. The lowest BCUT2D eigenvalue weighted by molar-refractivity contribution is -0.131. The van der Waals surface area contributed by atoms with Crippen LogP contribution in [0.25, 0.3) is 6.08 Å². The number of carbonyl (C=O) groups is 1. The zero-order valence-corrected chi connectivity index (χ0v) is 13.0. The molecular formula is C14H16N2O2S2. The van der Waals surface area contributed by atoms with E-state index in [0.29, 0.717) is 0 Å². The fraction of sp³-hybridized carbons (Fsp3) is 0.286. The summed E-state index contributed by atoms with van der Waals surface area (Å²) in [6.07, 6.45) is 2.82. The Kier molecular flexibility index (Phi) is 5.05. The second kappa shape index (κ2) is 6.78. The number of carboxylic acids is 1. The van der Waals surface area contributed by atoms with Crippen molar-refractivity contribution in [3.63, 3.8) is 0 Å². The van der Waals surface area contributed by atoms with Crippen LogP contribution < -0.4 is 0 Å². The standard InChI is InChI=1S/C14H16N2O2S2/c1-10-15-12(9-20-10)7-16(2)8-13-11(5-6-19-13)3-4-14(17)18/h3-6,9H,7-8H2,1-2H3,(H,17,18). The Bertz CT molecular complexity index is 616. The van der Waals surface area contributed by atoms with Crippen LogP contribution in [0.4, 0.5) is 0 Å². The average molecular weight is 308 g/mol. The highest BCUT2D eigenvalue weighted by Gasteiger charge is 2.08. The zero-order chi connectivity index (χ0) is 14.5. The molecule has 0 fully saturated rings. The van der Waals surface area contributed by atoms with Gasteiger partial charge < -0.3 is 5.11 Å². The summed E-state index contributed by atoms with van der Waals surface area (Å²) in [6.45, 7) is 3.58. The largest absolute Gasteiger partial charge is 0.478 e. The molecule has 4 nitrogen and oxygen atoms in total. The number of thiophene rings is 1. The van der Waals surface area contributed by atoms with Crippen LogP contribution in [0.1, 0.15) is 21.1 Å². The quantitative estimate of drug-likeness (QED) is 0.832.